The van der Waals surface area contributed by atoms with Crippen LogP contribution >= 0.6 is 0 Å². The third kappa shape index (κ3) is 5.48. The fourth-order valence-corrected chi connectivity index (χ4v) is 3.99. The summed E-state index contributed by atoms with van der Waals surface area (Å²) in [6.45, 7) is 5.13. The zero-order chi connectivity index (χ0) is 22.3. The molecule has 7 nitrogen and oxygen atoms in total. The molecule has 4 rings (SSSR count). The van der Waals surface area contributed by atoms with Gasteiger partial charge in [0, 0.05) is 63.8 Å². The lowest BCUT2D eigenvalue weighted by molar-refractivity contribution is 0.312. The van der Waals surface area contributed by atoms with E-state index in [1.165, 1.54) is 5.56 Å². The summed E-state index contributed by atoms with van der Waals surface area (Å²) >= 11 is 0. The molecule has 4 N–H and O–H groups in total. The lowest BCUT2D eigenvalue weighted by Gasteiger charge is -2.33. The van der Waals surface area contributed by atoms with Crippen LogP contribution in [0.25, 0.3) is 16.5 Å². The van der Waals surface area contributed by atoms with Crippen molar-refractivity contribution >= 4 is 28.1 Å². The maximum Gasteiger partial charge on any atom is 0.128 e. The molecular weight excluding hydrogens is 398 g/mol. The molecule has 2 aromatic heterocycles. The van der Waals surface area contributed by atoms with Crippen molar-refractivity contribution in [1.29, 1.82) is 0 Å². The van der Waals surface area contributed by atoms with Crippen molar-refractivity contribution in [3.05, 3.63) is 66.1 Å². The first-order valence-electron chi connectivity index (χ1n) is 11.3. The van der Waals surface area contributed by atoms with E-state index in [2.05, 4.69) is 67.8 Å². The second kappa shape index (κ2) is 10.3. The average molecular weight is 432 g/mol. The van der Waals surface area contributed by atoms with E-state index in [0.29, 0.717) is 5.70 Å². The molecule has 1 aliphatic rings. The van der Waals surface area contributed by atoms with Gasteiger partial charge in [-0.15, -0.1) is 0 Å². The Morgan fingerprint density at radius 2 is 1.91 bits per heavy atom. The van der Waals surface area contributed by atoms with Crippen LogP contribution in [-0.4, -0.2) is 61.7 Å². The molecule has 0 unspecified atom stereocenters. The Morgan fingerprint density at radius 3 is 2.72 bits per heavy atom. The Morgan fingerprint density at radius 1 is 1.06 bits per heavy atom. The molecule has 0 radical (unpaired) electrons. The Bertz CT molecular complexity index is 1070. The van der Waals surface area contributed by atoms with Gasteiger partial charge in [-0.1, -0.05) is 12.1 Å². The minimum atomic E-state index is 0.717. The van der Waals surface area contributed by atoms with E-state index in [4.69, 9.17) is 5.73 Å². The molecule has 0 amide bonds. The van der Waals surface area contributed by atoms with Crippen LogP contribution in [-0.2, 0) is 6.42 Å². The number of anilines is 2. The second-order valence-electron chi connectivity index (χ2n) is 8.36. The summed E-state index contributed by atoms with van der Waals surface area (Å²) in [5, 5.41) is 8.66. The number of hydrogen-bond acceptors (Lipinski definition) is 7. The summed E-state index contributed by atoms with van der Waals surface area (Å²) in [5.74, 6) is 1.99. The fraction of sp³-hybridized carbons (Fsp3) is 0.360. The highest BCUT2D eigenvalue weighted by atomic mass is 15.3. The van der Waals surface area contributed by atoms with Gasteiger partial charge in [0.15, 0.2) is 0 Å². The van der Waals surface area contributed by atoms with Gasteiger partial charge in [-0.2, -0.15) is 0 Å². The Kier molecular flexibility index (Phi) is 7.07. The predicted molar refractivity (Wildman–Crippen MR) is 134 cm³/mol. The monoisotopic (exact) mass is 431 g/mol. The molecule has 32 heavy (non-hydrogen) atoms. The molecule has 168 valence electrons. The second-order valence-corrected chi connectivity index (χ2v) is 8.36. The molecule has 7 heteroatoms. The largest absolute Gasteiger partial charge is 0.397 e. The van der Waals surface area contributed by atoms with Crippen molar-refractivity contribution in [1.82, 2.24) is 20.2 Å². The summed E-state index contributed by atoms with van der Waals surface area (Å²) in [5.41, 5.74) is 9.16. The van der Waals surface area contributed by atoms with Crippen LogP contribution in [0.5, 0.6) is 0 Å². The molecule has 0 atom stereocenters. The highest BCUT2D eigenvalue weighted by molar-refractivity contribution is 5.87. The number of piperazine rings is 1. The number of fused-ring (bicyclic) bond motifs is 1. The average Bonchev–Trinajstić information content (AvgIpc) is 2.82. The minimum absolute atomic E-state index is 0.717. The summed E-state index contributed by atoms with van der Waals surface area (Å²) in [7, 11) is 4.02. The summed E-state index contributed by atoms with van der Waals surface area (Å²) in [6.07, 6.45) is 7.69. The normalized spacial score (nSPS) is 15.2. The number of nitrogens with zero attached hydrogens (tertiary/aromatic N) is 4. The standard InChI is InChI=1S/C25H33N7/c1-27-18-23(26)20-5-6-21-17-30-24(16-22(21)15-20)28-8-3-4-19-7-9-29-25(14-19)32-12-10-31(2)11-13-32/h5-7,9,14-18,27H,3-4,8,10-13,26H2,1-2H3,(H,28,30)/b23-18-. The van der Waals surface area contributed by atoms with E-state index in [-0.39, 0.29) is 0 Å². The van der Waals surface area contributed by atoms with Crippen LogP contribution in [0.4, 0.5) is 11.6 Å². The number of aryl methyl sites for hydroxylation is 1. The van der Waals surface area contributed by atoms with Gasteiger partial charge in [0.2, 0.25) is 0 Å². The molecule has 0 saturated carbocycles. The van der Waals surface area contributed by atoms with E-state index in [1.54, 1.807) is 6.20 Å². The number of pyridine rings is 2. The first-order chi connectivity index (χ1) is 15.6. The van der Waals surface area contributed by atoms with Crippen molar-refractivity contribution in [2.45, 2.75) is 12.8 Å². The number of nitrogens with one attached hydrogen (secondary N) is 2. The Hall–Kier alpha value is -3.32. The fourth-order valence-electron chi connectivity index (χ4n) is 3.99. The van der Waals surface area contributed by atoms with Gasteiger partial charge >= 0.3 is 0 Å². The summed E-state index contributed by atoms with van der Waals surface area (Å²) < 4.78 is 0. The maximum atomic E-state index is 6.11. The lowest BCUT2D eigenvalue weighted by atomic mass is 10.1. The number of nitrogens with two attached hydrogens (primary N) is 1. The Balaban J connectivity index is 1.32. The van der Waals surface area contributed by atoms with E-state index in [1.807, 2.05) is 25.5 Å². The van der Waals surface area contributed by atoms with Gasteiger partial charge < -0.3 is 26.2 Å². The molecule has 0 spiro atoms. The third-order valence-electron chi connectivity index (χ3n) is 5.94. The number of likely N-dealkylation sites (N-methyl/N-ethyl adjacent to an activating group) is 1. The van der Waals surface area contributed by atoms with Crippen molar-refractivity contribution in [2.24, 2.45) is 5.73 Å². The van der Waals surface area contributed by atoms with Crippen LogP contribution in [0.3, 0.4) is 0 Å². The van der Waals surface area contributed by atoms with E-state index < -0.39 is 0 Å². The van der Waals surface area contributed by atoms with Crippen LogP contribution < -0.4 is 21.3 Å². The van der Waals surface area contributed by atoms with Crippen molar-refractivity contribution in [2.75, 3.05) is 57.0 Å². The summed E-state index contributed by atoms with van der Waals surface area (Å²) in [4.78, 5) is 13.9. The van der Waals surface area contributed by atoms with Crippen molar-refractivity contribution in [3.63, 3.8) is 0 Å². The van der Waals surface area contributed by atoms with Gasteiger partial charge in [-0.3, -0.25) is 0 Å². The quantitative estimate of drug-likeness (QED) is 0.473. The molecule has 1 saturated heterocycles. The van der Waals surface area contributed by atoms with Crippen molar-refractivity contribution < 1.29 is 0 Å². The third-order valence-corrected chi connectivity index (χ3v) is 5.94. The number of benzene rings is 1. The van der Waals surface area contributed by atoms with Gasteiger partial charge in [0.25, 0.3) is 0 Å². The summed E-state index contributed by atoms with van der Waals surface area (Å²) in [6, 6.07) is 12.6. The maximum absolute atomic E-state index is 6.11. The topological polar surface area (TPSA) is 82.3 Å². The van der Waals surface area contributed by atoms with Gasteiger partial charge in [0.05, 0.1) is 5.70 Å². The molecule has 1 fully saturated rings. The van der Waals surface area contributed by atoms with Crippen LogP contribution in [0.1, 0.15) is 17.5 Å². The lowest BCUT2D eigenvalue weighted by Crippen LogP contribution is -2.44. The van der Waals surface area contributed by atoms with E-state index >= 15 is 0 Å². The highest BCUT2D eigenvalue weighted by Crippen LogP contribution is 2.21. The van der Waals surface area contributed by atoms with E-state index in [0.717, 1.165) is 73.5 Å². The van der Waals surface area contributed by atoms with E-state index in [9.17, 15) is 0 Å². The minimum Gasteiger partial charge on any atom is -0.397 e. The van der Waals surface area contributed by atoms with Crippen LogP contribution in [0.15, 0.2) is 55.0 Å². The zero-order valence-electron chi connectivity index (χ0n) is 19.0. The van der Waals surface area contributed by atoms with Gasteiger partial charge in [-0.05, 0) is 60.7 Å². The number of rotatable bonds is 8. The Labute approximate surface area is 190 Å². The zero-order valence-corrected chi connectivity index (χ0v) is 19.0. The first kappa shape index (κ1) is 21.9. The predicted octanol–water partition coefficient (Wildman–Crippen LogP) is 2.90. The molecule has 0 bridgehead atoms. The van der Waals surface area contributed by atoms with Crippen LogP contribution in [0, 0.1) is 0 Å². The SMILES string of the molecule is CN/C=C(\N)c1ccc2cnc(NCCCc3ccnc(N4CCN(C)CC4)c3)cc2c1. The molecule has 1 aromatic carbocycles. The number of hydrogen-bond donors (Lipinski definition) is 3. The molecule has 3 heterocycles. The van der Waals surface area contributed by atoms with Gasteiger partial charge in [-0.25, -0.2) is 9.97 Å². The molecule has 1 aliphatic heterocycles. The molecular formula is C25H33N7. The van der Waals surface area contributed by atoms with Crippen LogP contribution in [0.2, 0.25) is 0 Å². The first-order valence-corrected chi connectivity index (χ1v) is 11.3. The highest BCUT2D eigenvalue weighted by Gasteiger charge is 2.15. The number of aromatic nitrogens is 2. The smallest absolute Gasteiger partial charge is 0.128 e. The van der Waals surface area contributed by atoms with Gasteiger partial charge in [0.1, 0.15) is 11.6 Å². The molecule has 0 aliphatic carbocycles. The molecule has 3 aromatic rings. The van der Waals surface area contributed by atoms with Crippen molar-refractivity contribution in [3.8, 4) is 0 Å².